The number of hydrogen-bond donors (Lipinski definition) is 2. The summed E-state index contributed by atoms with van der Waals surface area (Å²) in [5.41, 5.74) is 0.598. The lowest BCUT2D eigenvalue weighted by Crippen LogP contribution is -2.33. The highest BCUT2D eigenvalue weighted by atomic mass is 16.4. The molecule has 0 radical (unpaired) electrons. The van der Waals surface area contributed by atoms with E-state index >= 15 is 0 Å². The minimum atomic E-state index is -1.03. The van der Waals surface area contributed by atoms with Gasteiger partial charge in [0.25, 0.3) is 0 Å². The molecule has 1 aromatic carbocycles. The summed E-state index contributed by atoms with van der Waals surface area (Å²) in [6.45, 7) is 2.17. The topological polar surface area (TPSA) is 66.4 Å². The van der Waals surface area contributed by atoms with Crippen molar-refractivity contribution >= 4 is 11.9 Å². The van der Waals surface area contributed by atoms with Crippen LogP contribution in [0.15, 0.2) is 30.3 Å². The largest absolute Gasteiger partial charge is 0.479 e. The number of unbranched alkanes of at least 4 members (excludes halogenated alkanes) is 5. The van der Waals surface area contributed by atoms with Crippen LogP contribution in [0.1, 0.15) is 63.5 Å². The predicted molar refractivity (Wildman–Crippen MR) is 83.0 cm³/mol. The number of benzene rings is 1. The van der Waals surface area contributed by atoms with Crippen LogP contribution in [0.2, 0.25) is 0 Å². The van der Waals surface area contributed by atoms with E-state index in [-0.39, 0.29) is 5.91 Å². The van der Waals surface area contributed by atoms with Crippen LogP contribution in [0.4, 0.5) is 0 Å². The molecule has 1 atom stereocenters. The molecule has 0 saturated carbocycles. The smallest absolute Gasteiger partial charge is 0.330 e. The van der Waals surface area contributed by atoms with Crippen LogP contribution in [0.25, 0.3) is 0 Å². The summed E-state index contributed by atoms with van der Waals surface area (Å²) in [6.07, 6.45) is 7.02. The monoisotopic (exact) mass is 291 g/mol. The van der Waals surface area contributed by atoms with E-state index in [2.05, 4.69) is 12.2 Å². The molecule has 1 rings (SSSR count). The molecule has 116 valence electrons. The molecule has 21 heavy (non-hydrogen) atoms. The van der Waals surface area contributed by atoms with Gasteiger partial charge in [-0.3, -0.25) is 4.79 Å². The van der Waals surface area contributed by atoms with Crippen LogP contribution in [0, 0.1) is 0 Å². The Labute approximate surface area is 126 Å². The molecule has 0 aliphatic rings. The highest BCUT2D eigenvalue weighted by Gasteiger charge is 2.21. The summed E-state index contributed by atoms with van der Waals surface area (Å²) in [4.78, 5) is 23.1. The van der Waals surface area contributed by atoms with Gasteiger partial charge in [0.15, 0.2) is 6.04 Å². The van der Waals surface area contributed by atoms with Gasteiger partial charge in [-0.2, -0.15) is 0 Å². The van der Waals surface area contributed by atoms with Gasteiger partial charge >= 0.3 is 5.97 Å². The molecule has 1 amide bonds. The molecule has 4 nitrogen and oxygen atoms in total. The molecule has 0 aliphatic heterocycles. The second-order valence-corrected chi connectivity index (χ2v) is 5.27. The Hall–Kier alpha value is -1.84. The number of carboxylic acid groups (broad SMARTS) is 1. The first-order chi connectivity index (χ1) is 10.1. The van der Waals surface area contributed by atoms with Gasteiger partial charge in [0.2, 0.25) is 5.91 Å². The average molecular weight is 291 g/mol. The average Bonchev–Trinajstić information content (AvgIpc) is 2.49. The van der Waals surface area contributed by atoms with Crippen LogP contribution in [-0.2, 0) is 9.59 Å². The second-order valence-electron chi connectivity index (χ2n) is 5.27. The normalized spacial score (nSPS) is 11.9. The Morgan fingerprint density at radius 1 is 1.05 bits per heavy atom. The van der Waals surface area contributed by atoms with Gasteiger partial charge in [0.05, 0.1) is 0 Å². The first kappa shape index (κ1) is 17.2. The molecular weight excluding hydrogens is 266 g/mol. The van der Waals surface area contributed by atoms with Gasteiger partial charge in [-0.25, -0.2) is 4.79 Å². The Morgan fingerprint density at radius 2 is 1.67 bits per heavy atom. The zero-order valence-electron chi connectivity index (χ0n) is 12.7. The second kappa shape index (κ2) is 9.97. The van der Waals surface area contributed by atoms with E-state index in [9.17, 15) is 14.7 Å². The molecule has 0 spiro atoms. The maximum absolute atomic E-state index is 11.8. The van der Waals surface area contributed by atoms with Crippen LogP contribution in [-0.4, -0.2) is 17.0 Å². The van der Waals surface area contributed by atoms with Gasteiger partial charge in [-0.05, 0) is 12.0 Å². The van der Waals surface area contributed by atoms with Crippen LogP contribution in [0.5, 0.6) is 0 Å². The van der Waals surface area contributed by atoms with Crippen molar-refractivity contribution < 1.29 is 14.7 Å². The highest BCUT2D eigenvalue weighted by Crippen LogP contribution is 2.13. The van der Waals surface area contributed by atoms with Crippen LogP contribution < -0.4 is 5.32 Å². The molecular formula is C17H25NO3. The van der Waals surface area contributed by atoms with E-state index < -0.39 is 12.0 Å². The minimum Gasteiger partial charge on any atom is -0.479 e. The van der Waals surface area contributed by atoms with Gasteiger partial charge in [0.1, 0.15) is 0 Å². The Kier molecular flexibility index (Phi) is 8.17. The van der Waals surface area contributed by atoms with Crippen LogP contribution in [0.3, 0.4) is 0 Å². The third-order valence-electron chi connectivity index (χ3n) is 3.44. The van der Waals surface area contributed by atoms with Crippen molar-refractivity contribution in [3.63, 3.8) is 0 Å². The zero-order valence-corrected chi connectivity index (χ0v) is 12.7. The van der Waals surface area contributed by atoms with E-state index in [4.69, 9.17) is 0 Å². The summed E-state index contributed by atoms with van der Waals surface area (Å²) in [5.74, 6) is -1.22. The molecule has 1 aromatic rings. The molecule has 0 saturated heterocycles. The van der Waals surface area contributed by atoms with Crippen molar-refractivity contribution in [3.05, 3.63) is 35.9 Å². The summed E-state index contributed by atoms with van der Waals surface area (Å²) < 4.78 is 0. The van der Waals surface area contributed by atoms with Crippen molar-refractivity contribution in [1.82, 2.24) is 5.32 Å². The number of rotatable bonds is 10. The molecule has 1 unspecified atom stereocenters. The maximum Gasteiger partial charge on any atom is 0.330 e. The SMILES string of the molecule is CCCCCCCCC(=O)NC(C(=O)O)c1ccccc1. The third-order valence-corrected chi connectivity index (χ3v) is 3.44. The fourth-order valence-electron chi connectivity index (χ4n) is 2.23. The molecule has 0 bridgehead atoms. The fraction of sp³-hybridized carbons (Fsp3) is 0.529. The molecule has 4 heteroatoms. The summed E-state index contributed by atoms with van der Waals surface area (Å²) in [7, 11) is 0. The number of aliphatic carboxylic acids is 1. The lowest BCUT2D eigenvalue weighted by molar-refractivity contribution is -0.142. The van der Waals surface area contributed by atoms with Crippen molar-refractivity contribution in [2.24, 2.45) is 0 Å². The number of carbonyl (C=O) groups is 2. The van der Waals surface area contributed by atoms with E-state index in [1.807, 2.05) is 6.07 Å². The van der Waals surface area contributed by atoms with E-state index in [1.165, 1.54) is 19.3 Å². The molecule has 0 fully saturated rings. The van der Waals surface area contributed by atoms with Gasteiger partial charge in [-0.1, -0.05) is 69.4 Å². The summed E-state index contributed by atoms with van der Waals surface area (Å²) in [6, 6.07) is 7.82. The lowest BCUT2D eigenvalue weighted by atomic mass is 10.1. The lowest BCUT2D eigenvalue weighted by Gasteiger charge is -2.14. The van der Waals surface area contributed by atoms with Gasteiger partial charge < -0.3 is 10.4 Å². The number of nitrogens with one attached hydrogen (secondary N) is 1. The van der Waals surface area contributed by atoms with E-state index in [0.717, 1.165) is 19.3 Å². The number of carboxylic acids is 1. The van der Waals surface area contributed by atoms with E-state index in [1.54, 1.807) is 24.3 Å². The molecule has 2 N–H and O–H groups in total. The molecule has 0 aliphatic carbocycles. The van der Waals surface area contributed by atoms with Gasteiger partial charge in [-0.15, -0.1) is 0 Å². The summed E-state index contributed by atoms with van der Waals surface area (Å²) in [5, 5.41) is 11.8. The Balaban J connectivity index is 2.35. The third kappa shape index (κ3) is 6.93. The number of amides is 1. The zero-order chi connectivity index (χ0) is 15.5. The summed E-state index contributed by atoms with van der Waals surface area (Å²) >= 11 is 0. The molecule has 0 aromatic heterocycles. The Morgan fingerprint density at radius 3 is 2.29 bits per heavy atom. The Bertz CT molecular complexity index is 431. The predicted octanol–water partition coefficient (Wildman–Crippen LogP) is 3.68. The van der Waals surface area contributed by atoms with Gasteiger partial charge in [0, 0.05) is 6.42 Å². The quantitative estimate of drug-likeness (QED) is 0.646. The van der Waals surface area contributed by atoms with Crippen molar-refractivity contribution in [3.8, 4) is 0 Å². The molecule has 0 heterocycles. The number of carbonyl (C=O) groups excluding carboxylic acids is 1. The number of hydrogen-bond acceptors (Lipinski definition) is 2. The highest BCUT2D eigenvalue weighted by molar-refractivity contribution is 5.84. The maximum atomic E-state index is 11.8. The first-order valence-electron chi connectivity index (χ1n) is 7.72. The fourth-order valence-corrected chi connectivity index (χ4v) is 2.23. The van der Waals surface area contributed by atoms with Crippen molar-refractivity contribution in [2.45, 2.75) is 57.9 Å². The van der Waals surface area contributed by atoms with Crippen LogP contribution >= 0.6 is 0 Å². The van der Waals surface area contributed by atoms with Crippen molar-refractivity contribution in [1.29, 1.82) is 0 Å². The minimum absolute atomic E-state index is 0.193. The standard InChI is InChI=1S/C17H25NO3/c1-2-3-4-5-6-10-13-15(19)18-16(17(20)21)14-11-8-7-9-12-14/h7-9,11-12,16H,2-6,10,13H2,1H3,(H,18,19)(H,20,21). The van der Waals surface area contributed by atoms with E-state index in [0.29, 0.717) is 12.0 Å². The first-order valence-corrected chi connectivity index (χ1v) is 7.72. The van der Waals surface area contributed by atoms with Crippen molar-refractivity contribution in [2.75, 3.05) is 0 Å².